The summed E-state index contributed by atoms with van der Waals surface area (Å²) in [5.41, 5.74) is 3.70. The lowest BCUT2D eigenvalue weighted by Gasteiger charge is -2.40. The van der Waals surface area contributed by atoms with Crippen LogP contribution in [0.4, 0.5) is 0 Å². The number of hydrogen-bond acceptors (Lipinski definition) is 10. The van der Waals surface area contributed by atoms with Crippen LogP contribution in [0.3, 0.4) is 0 Å². The molecule has 0 spiro atoms. The number of aliphatic hydroxyl groups excluding tert-OH is 2. The zero-order chi connectivity index (χ0) is 45.5. The fourth-order valence-electron chi connectivity index (χ4n) is 9.17. The third-order valence-electron chi connectivity index (χ3n) is 12.5. The molecule has 4 aromatic rings. The van der Waals surface area contributed by atoms with Crippen LogP contribution < -0.4 is 10.6 Å². The van der Waals surface area contributed by atoms with Gasteiger partial charge in [-0.25, -0.2) is 9.97 Å². The van der Waals surface area contributed by atoms with E-state index in [2.05, 4.69) is 47.5 Å². The highest BCUT2D eigenvalue weighted by atomic mass is 35.5. The summed E-state index contributed by atoms with van der Waals surface area (Å²) in [4.78, 5) is 41.3. The standard InChI is InChI=1S/C25H40N4O3.C24H38N4O3.4ClH/c1-5-23(30)19-14-20(16-26-15-19)29(17-18(2)3)25(31)24-27-21-10-6-7-11-22(21)28(24)12-8-9-13-32-4;1-17(2)16-28(20-13-19(18(3)29)14-25-15-20)24(30)23-26-21-9-5-6-10-22(21)27(23)11-7-8-12-31-4;;;;/h6-7,10-11,18-20,23,26,30H,5,8-9,12-17H2,1-4H3;5-6,9-10,17-20,25,29H,7-8,11-16H2,1-4H3;4*1H/t19?,20-,23-;18-,19?,20+;;;;/m01..../s1. The lowest BCUT2D eigenvalue weighted by atomic mass is 9.88. The number of para-hydroxylation sites is 4. The molecule has 2 aromatic carbocycles. The van der Waals surface area contributed by atoms with Crippen molar-refractivity contribution in [1.82, 2.24) is 39.5 Å². The third kappa shape index (κ3) is 17.3. The second-order valence-electron chi connectivity index (χ2n) is 18.6. The number of hydrogen-bond donors (Lipinski definition) is 4. The first-order chi connectivity index (χ1) is 30.4. The van der Waals surface area contributed by atoms with Crippen LogP contribution in [0, 0.1) is 23.7 Å². The number of benzene rings is 2. The van der Waals surface area contributed by atoms with Gasteiger partial charge < -0.3 is 49.3 Å². The average Bonchev–Trinajstić information content (AvgIpc) is 3.85. The highest BCUT2D eigenvalue weighted by molar-refractivity contribution is 5.96. The lowest BCUT2D eigenvalue weighted by molar-refractivity contribution is 0.0383. The van der Waals surface area contributed by atoms with E-state index in [1.54, 1.807) is 14.2 Å². The van der Waals surface area contributed by atoms with Gasteiger partial charge in [-0.05, 0) is 99.8 Å². The second kappa shape index (κ2) is 31.5. The Morgan fingerprint density at radius 2 is 1.06 bits per heavy atom. The number of nitrogens with zero attached hydrogens (tertiary/aromatic N) is 6. The van der Waals surface area contributed by atoms with Gasteiger partial charge in [-0.15, -0.1) is 49.6 Å². The number of amides is 2. The normalized spacial score (nSPS) is 19.0. The molecular weight excluding hydrogens is 938 g/mol. The summed E-state index contributed by atoms with van der Waals surface area (Å²) in [6.45, 7) is 19.7. The summed E-state index contributed by atoms with van der Waals surface area (Å²) >= 11 is 0. The van der Waals surface area contributed by atoms with E-state index < -0.39 is 6.10 Å². The number of aliphatic hydroxyl groups is 2. The summed E-state index contributed by atoms with van der Waals surface area (Å²) in [6.07, 6.45) is 5.34. The molecule has 2 fully saturated rings. The highest BCUT2D eigenvalue weighted by Crippen LogP contribution is 2.27. The monoisotopic (exact) mass is 1020 g/mol. The van der Waals surface area contributed by atoms with Crippen LogP contribution in [0.2, 0.25) is 0 Å². The number of aromatic nitrogens is 4. The molecule has 14 nitrogen and oxygen atoms in total. The summed E-state index contributed by atoms with van der Waals surface area (Å²) in [5, 5.41) is 27.4. The number of ether oxygens (including phenoxy) is 2. The molecule has 2 aliphatic rings. The predicted molar refractivity (Wildman–Crippen MR) is 280 cm³/mol. The lowest BCUT2D eigenvalue weighted by Crippen LogP contribution is -2.54. The van der Waals surface area contributed by atoms with Gasteiger partial charge in [-0.2, -0.15) is 0 Å². The summed E-state index contributed by atoms with van der Waals surface area (Å²) in [5.74, 6) is 1.99. The van der Waals surface area contributed by atoms with Gasteiger partial charge in [0.25, 0.3) is 11.8 Å². The molecule has 6 atom stereocenters. The maximum absolute atomic E-state index is 13.9. The van der Waals surface area contributed by atoms with Crippen molar-refractivity contribution in [1.29, 1.82) is 0 Å². The van der Waals surface area contributed by atoms with Crippen molar-refractivity contribution in [2.24, 2.45) is 23.7 Å². The van der Waals surface area contributed by atoms with Crippen LogP contribution in [0.15, 0.2) is 48.5 Å². The molecule has 0 bridgehead atoms. The summed E-state index contributed by atoms with van der Waals surface area (Å²) in [6, 6.07) is 16.0. The number of fused-ring (bicyclic) bond motifs is 2. The molecule has 0 radical (unpaired) electrons. The molecule has 67 heavy (non-hydrogen) atoms. The molecule has 2 aromatic heterocycles. The number of methoxy groups -OCH3 is 2. The Kier molecular flexibility index (Phi) is 29.2. The van der Waals surface area contributed by atoms with E-state index in [9.17, 15) is 19.8 Å². The highest BCUT2D eigenvalue weighted by Gasteiger charge is 2.36. The maximum Gasteiger partial charge on any atom is 0.290 e. The van der Waals surface area contributed by atoms with Crippen molar-refractivity contribution in [3.05, 3.63) is 60.2 Å². The number of imidazole rings is 2. The second-order valence-corrected chi connectivity index (χ2v) is 18.6. The fraction of sp³-hybridized carbons (Fsp3) is 0.673. The predicted octanol–water partition coefficient (Wildman–Crippen LogP) is 7.92. The molecule has 2 aliphatic heterocycles. The first-order valence-corrected chi connectivity index (χ1v) is 23.7. The topological polar surface area (TPSA) is 159 Å². The molecule has 18 heteroatoms. The molecule has 4 N–H and O–H groups in total. The van der Waals surface area contributed by atoms with E-state index in [1.807, 2.05) is 72.2 Å². The number of unbranched alkanes of at least 4 members (excludes halogenated alkanes) is 2. The average molecular weight is 1020 g/mol. The maximum atomic E-state index is 13.9. The minimum Gasteiger partial charge on any atom is -0.393 e. The van der Waals surface area contributed by atoms with Gasteiger partial charge in [0.05, 0.1) is 34.3 Å². The largest absolute Gasteiger partial charge is 0.393 e. The molecule has 0 saturated carbocycles. The minimum atomic E-state index is -0.392. The number of nitrogens with one attached hydrogen (secondary N) is 2. The molecule has 382 valence electrons. The van der Waals surface area contributed by atoms with E-state index in [1.165, 1.54) is 0 Å². The van der Waals surface area contributed by atoms with Crippen LogP contribution in [0.25, 0.3) is 22.1 Å². The molecule has 2 amide bonds. The first kappa shape index (κ1) is 62.3. The number of piperidine rings is 2. The summed E-state index contributed by atoms with van der Waals surface area (Å²) in [7, 11) is 3.43. The van der Waals surface area contributed by atoms with Crippen molar-refractivity contribution in [3.8, 4) is 0 Å². The van der Waals surface area contributed by atoms with Gasteiger partial charge in [-0.1, -0.05) is 58.9 Å². The van der Waals surface area contributed by atoms with Crippen LogP contribution in [-0.2, 0) is 22.6 Å². The van der Waals surface area contributed by atoms with Gasteiger partial charge in [0.15, 0.2) is 11.6 Å². The first-order valence-electron chi connectivity index (χ1n) is 23.7. The van der Waals surface area contributed by atoms with Gasteiger partial charge in [0.2, 0.25) is 0 Å². The van der Waals surface area contributed by atoms with E-state index in [-0.39, 0.29) is 91.5 Å². The van der Waals surface area contributed by atoms with Crippen molar-refractivity contribution >= 4 is 83.5 Å². The number of aryl methyl sites for hydroxylation is 2. The van der Waals surface area contributed by atoms with Crippen LogP contribution in [-0.4, -0.2) is 142 Å². The number of halogens is 4. The molecular formula is C49H82Cl4N8O6. The Bertz CT molecular complexity index is 2020. The fourth-order valence-corrected chi connectivity index (χ4v) is 9.17. The van der Waals surface area contributed by atoms with Gasteiger partial charge in [-0.3, -0.25) is 9.59 Å². The molecule has 2 unspecified atom stereocenters. The van der Waals surface area contributed by atoms with E-state index in [0.717, 1.165) is 106 Å². The van der Waals surface area contributed by atoms with Crippen LogP contribution in [0.5, 0.6) is 0 Å². The number of carbonyl (C=O) groups excluding carboxylic acids is 2. The van der Waals surface area contributed by atoms with Gasteiger partial charge >= 0.3 is 0 Å². The Hall–Kier alpha value is -2.76. The van der Waals surface area contributed by atoms with Gasteiger partial charge in [0, 0.05) is 91.9 Å². The van der Waals surface area contributed by atoms with Crippen molar-refractivity contribution < 1.29 is 29.3 Å². The third-order valence-corrected chi connectivity index (χ3v) is 12.5. The number of rotatable bonds is 21. The Morgan fingerprint density at radius 3 is 1.45 bits per heavy atom. The molecule has 2 saturated heterocycles. The quantitative estimate of drug-likeness (QED) is 0.0605. The Labute approximate surface area is 424 Å². The van der Waals surface area contributed by atoms with E-state index in [0.29, 0.717) is 49.8 Å². The summed E-state index contributed by atoms with van der Waals surface area (Å²) < 4.78 is 14.5. The van der Waals surface area contributed by atoms with Gasteiger partial charge in [0.1, 0.15) is 0 Å². The molecule has 4 heterocycles. The van der Waals surface area contributed by atoms with Crippen LogP contribution in [0.1, 0.15) is 108 Å². The Balaban J connectivity index is 0.000000633. The zero-order valence-corrected chi connectivity index (χ0v) is 44.4. The van der Waals surface area contributed by atoms with E-state index in [4.69, 9.17) is 19.4 Å². The molecule has 0 aliphatic carbocycles. The Morgan fingerprint density at radius 1 is 0.657 bits per heavy atom. The van der Waals surface area contributed by atoms with E-state index >= 15 is 0 Å². The smallest absolute Gasteiger partial charge is 0.290 e. The van der Waals surface area contributed by atoms with Crippen LogP contribution >= 0.6 is 49.6 Å². The SMILES string of the molecule is CC[C@H](O)C1CNC[C@@H](N(CC(C)C)C(=O)c2nc3ccccc3n2CCCCOC)C1.COCCCCn1c(C(=O)N(CC(C)C)[C@@H]2CNCC([C@@H](C)O)C2)nc2ccccc21.Cl.Cl.Cl.Cl. The van der Waals surface area contributed by atoms with Crippen molar-refractivity contribution in [2.75, 3.05) is 66.7 Å². The number of carbonyl (C=O) groups is 2. The zero-order valence-electron chi connectivity index (χ0n) is 41.1. The van der Waals surface area contributed by atoms with Crippen molar-refractivity contribution in [3.63, 3.8) is 0 Å². The van der Waals surface area contributed by atoms with Crippen molar-refractivity contribution in [2.45, 2.75) is 124 Å². The minimum absolute atomic E-state index is 0. The molecule has 6 rings (SSSR count).